The first kappa shape index (κ1) is 16.5. The van der Waals surface area contributed by atoms with Gasteiger partial charge in [0, 0.05) is 11.2 Å². The summed E-state index contributed by atoms with van der Waals surface area (Å²) in [5.74, 6) is -0.223. The van der Waals surface area contributed by atoms with Gasteiger partial charge in [0.1, 0.15) is 5.75 Å². The fourth-order valence-corrected chi connectivity index (χ4v) is 3.16. The lowest BCUT2D eigenvalue weighted by Crippen LogP contribution is -2.31. The maximum atomic E-state index is 11.4. The number of aromatic hydroxyl groups is 1. The molecule has 0 aliphatic heterocycles. The fraction of sp³-hybridized carbons (Fsp3) is 0.150. The topological polar surface area (TPSA) is 53.4 Å². The molecule has 0 aliphatic carbocycles. The Morgan fingerprint density at radius 2 is 1.75 bits per heavy atom. The molecular formula is C20H18ClNO2. The van der Waals surface area contributed by atoms with Crippen LogP contribution in [0.25, 0.3) is 0 Å². The van der Waals surface area contributed by atoms with Crippen LogP contribution in [0.1, 0.15) is 29.7 Å². The van der Waals surface area contributed by atoms with Crippen molar-refractivity contribution < 1.29 is 10.2 Å². The molecule has 0 fully saturated rings. The van der Waals surface area contributed by atoms with E-state index in [4.69, 9.17) is 11.6 Å². The minimum absolute atomic E-state index is 0.181. The number of pyridine rings is 1. The smallest absolute Gasteiger partial charge is 0.115 e. The zero-order valence-corrected chi connectivity index (χ0v) is 14.0. The van der Waals surface area contributed by atoms with Crippen molar-refractivity contribution in [1.82, 2.24) is 4.98 Å². The van der Waals surface area contributed by atoms with E-state index in [0.717, 1.165) is 11.3 Å². The van der Waals surface area contributed by atoms with E-state index in [0.29, 0.717) is 10.6 Å². The minimum atomic E-state index is -1.23. The SMILES string of the molecule is C[C@@](O)(c1cccc(Cl)c1)[C@H](c1ccc(O)cc1)c1ccccn1. The van der Waals surface area contributed by atoms with Crippen LogP contribution >= 0.6 is 11.6 Å². The van der Waals surface area contributed by atoms with Crippen molar-refractivity contribution in [3.8, 4) is 5.75 Å². The molecule has 0 saturated heterocycles. The Kier molecular flexibility index (Phi) is 4.56. The maximum Gasteiger partial charge on any atom is 0.115 e. The van der Waals surface area contributed by atoms with Crippen molar-refractivity contribution in [2.24, 2.45) is 0 Å². The summed E-state index contributed by atoms with van der Waals surface area (Å²) in [6.07, 6.45) is 1.71. The van der Waals surface area contributed by atoms with Crippen molar-refractivity contribution in [2.75, 3.05) is 0 Å². The van der Waals surface area contributed by atoms with Crippen molar-refractivity contribution in [2.45, 2.75) is 18.4 Å². The Morgan fingerprint density at radius 3 is 2.38 bits per heavy atom. The molecule has 0 amide bonds. The highest BCUT2D eigenvalue weighted by Gasteiger charge is 2.37. The Morgan fingerprint density at radius 1 is 1.00 bits per heavy atom. The van der Waals surface area contributed by atoms with Crippen LogP contribution in [0.5, 0.6) is 5.75 Å². The third-order valence-electron chi connectivity index (χ3n) is 4.18. The molecule has 1 aromatic heterocycles. The van der Waals surface area contributed by atoms with Gasteiger partial charge in [0.25, 0.3) is 0 Å². The van der Waals surface area contributed by atoms with Gasteiger partial charge in [-0.05, 0) is 54.4 Å². The van der Waals surface area contributed by atoms with E-state index in [1.165, 1.54) is 0 Å². The van der Waals surface area contributed by atoms with E-state index in [2.05, 4.69) is 4.98 Å². The molecule has 24 heavy (non-hydrogen) atoms. The molecule has 2 atom stereocenters. The molecule has 3 nitrogen and oxygen atoms in total. The van der Waals surface area contributed by atoms with E-state index in [9.17, 15) is 10.2 Å². The van der Waals surface area contributed by atoms with E-state index in [1.807, 2.05) is 30.3 Å². The molecule has 3 aromatic rings. The van der Waals surface area contributed by atoms with Gasteiger partial charge >= 0.3 is 0 Å². The molecule has 3 rings (SSSR count). The van der Waals surface area contributed by atoms with Crippen molar-refractivity contribution >= 4 is 11.6 Å². The number of nitrogens with zero attached hydrogens (tertiary/aromatic N) is 1. The van der Waals surface area contributed by atoms with Crippen LogP contribution in [0, 0.1) is 0 Å². The highest BCUT2D eigenvalue weighted by atomic mass is 35.5. The summed E-state index contributed by atoms with van der Waals surface area (Å²) in [5.41, 5.74) is 1.08. The van der Waals surface area contributed by atoms with Gasteiger partial charge in [0.2, 0.25) is 0 Å². The standard InChI is InChI=1S/C20H18ClNO2/c1-20(24,15-5-4-6-16(21)13-15)19(18-7-2-3-12-22-18)14-8-10-17(23)11-9-14/h2-13,19,23-24H,1H3/t19-,20-/m1/s1. The first-order chi connectivity index (χ1) is 11.5. The first-order valence-electron chi connectivity index (χ1n) is 7.67. The number of benzene rings is 2. The zero-order valence-electron chi connectivity index (χ0n) is 13.2. The maximum absolute atomic E-state index is 11.4. The van der Waals surface area contributed by atoms with E-state index < -0.39 is 11.5 Å². The predicted molar refractivity (Wildman–Crippen MR) is 95.2 cm³/mol. The third kappa shape index (κ3) is 3.28. The van der Waals surface area contributed by atoms with Crippen molar-refractivity contribution in [3.63, 3.8) is 0 Å². The number of aliphatic hydroxyl groups is 1. The van der Waals surface area contributed by atoms with E-state index >= 15 is 0 Å². The number of hydrogen-bond donors (Lipinski definition) is 2. The molecule has 0 unspecified atom stereocenters. The number of hydrogen-bond acceptors (Lipinski definition) is 3. The molecule has 0 radical (unpaired) electrons. The Labute approximate surface area is 146 Å². The van der Waals surface area contributed by atoms with Crippen LogP contribution in [0.2, 0.25) is 5.02 Å². The second kappa shape index (κ2) is 6.63. The molecule has 1 heterocycles. The molecule has 0 spiro atoms. The summed E-state index contributed by atoms with van der Waals surface area (Å²) in [6.45, 7) is 1.75. The minimum Gasteiger partial charge on any atom is -0.508 e. The number of phenols is 1. The summed E-state index contributed by atoms with van der Waals surface area (Å²) < 4.78 is 0. The first-order valence-corrected chi connectivity index (χ1v) is 8.04. The molecule has 0 bridgehead atoms. The molecule has 2 N–H and O–H groups in total. The lowest BCUT2D eigenvalue weighted by atomic mass is 9.76. The average Bonchev–Trinajstić information content (AvgIpc) is 2.58. The number of rotatable bonds is 4. The lowest BCUT2D eigenvalue weighted by Gasteiger charge is -2.33. The summed E-state index contributed by atoms with van der Waals surface area (Å²) in [5, 5.41) is 21.5. The third-order valence-corrected chi connectivity index (χ3v) is 4.42. The fourth-order valence-electron chi connectivity index (χ4n) is 2.97. The van der Waals surface area contributed by atoms with Gasteiger partial charge < -0.3 is 10.2 Å². The largest absolute Gasteiger partial charge is 0.508 e. The highest BCUT2D eigenvalue weighted by molar-refractivity contribution is 6.30. The van der Waals surface area contributed by atoms with E-state index in [-0.39, 0.29) is 5.75 Å². The van der Waals surface area contributed by atoms with Gasteiger partial charge in [0.15, 0.2) is 0 Å². The van der Waals surface area contributed by atoms with Gasteiger partial charge in [-0.1, -0.05) is 41.9 Å². The predicted octanol–water partition coefficient (Wildman–Crippen LogP) is 4.48. The van der Waals surface area contributed by atoms with Crippen LogP contribution < -0.4 is 0 Å². The van der Waals surface area contributed by atoms with Crippen LogP contribution in [0.4, 0.5) is 0 Å². The lowest BCUT2D eigenvalue weighted by molar-refractivity contribution is 0.0380. The summed E-state index contributed by atoms with van der Waals surface area (Å²) >= 11 is 6.11. The van der Waals surface area contributed by atoms with Gasteiger partial charge in [-0.15, -0.1) is 0 Å². The molecule has 4 heteroatoms. The van der Waals surface area contributed by atoms with Crippen LogP contribution in [0.3, 0.4) is 0 Å². The quantitative estimate of drug-likeness (QED) is 0.736. The van der Waals surface area contributed by atoms with Crippen molar-refractivity contribution in [1.29, 1.82) is 0 Å². The Hall–Kier alpha value is -2.36. The Bertz CT molecular complexity index is 817. The normalized spacial score (nSPS) is 14.8. The number of halogens is 1. The molecular weight excluding hydrogens is 322 g/mol. The van der Waals surface area contributed by atoms with E-state index in [1.54, 1.807) is 49.5 Å². The van der Waals surface area contributed by atoms with Crippen LogP contribution in [-0.4, -0.2) is 15.2 Å². The van der Waals surface area contributed by atoms with Gasteiger partial charge in [0.05, 0.1) is 17.2 Å². The molecule has 122 valence electrons. The van der Waals surface area contributed by atoms with Gasteiger partial charge in [-0.2, -0.15) is 0 Å². The molecule has 0 aliphatic rings. The average molecular weight is 340 g/mol. The zero-order chi connectivity index (χ0) is 17.2. The number of phenolic OH excluding ortho intramolecular Hbond substituents is 1. The molecule has 0 saturated carbocycles. The number of aromatic nitrogens is 1. The summed E-state index contributed by atoms with van der Waals surface area (Å²) in [6, 6.07) is 19.6. The van der Waals surface area contributed by atoms with Crippen LogP contribution in [0.15, 0.2) is 72.9 Å². The molecule has 2 aromatic carbocycles. The van der Waals surface area contributed by atoms with Gasteiger partial charge in [-0.3, -0.25) is 4.98 Å². The highest BCUT2D eigenvalue weighted by Crippen LogP contribution is 2.41. The second-order valence-corrected chi connectivity index (χ2v) is 6.37. The summed E-state index contributed by atoms with van der Waals surface area (Å²) in [7, 11) is 0. The second-order valence-electron chi connectivity index (χ2n) is 5.94. The Balaban J connectivity index is 2.15. The van der Waals surface area contributed by atoms with Gasteiger partial charge in [-0.25, -0.2) is 0 Å². The van der Waals surface area contributed by atoms with Crippen molar-refractivity contribution in [3.05, 3.63) is 94.8 Å². The van der Waals surface area contributed by atoms with Crippen LogP contribution in [-0.2, 0) is 5.60 Å². The monoisotopic (exact) mass is 339 g/mol. The summed E-state index contributed by atoms with van der Waals surface area (Å²) in [4.78, 5) is 4.44.